The first-order valence-electron chi connectivity index (χ1n) is 5.76. The van der Waals surface area contributed by atoms with Crippen molar-refractivity contribution in [3.63, 3.8) is 0 Å². The first kappa shape index (κ1) is 13.6. The second-order valence-electron chi connectivity index (χ2n) is 4.28. The summed E-state index contributed by atoms with van der Waals surface area (Å²) >= 11 is 5.14. The van der Waals surface area contributed by atoms with Crippen molar-refractivity contribution in [2.45, 2.75) is 27.0 Å². The molecule has 2 rings (SSSR count). The Morgan fingerprint density at radius 1 is 1.22 bits per heavy atom. The quantitative estimate of drug-likeness (QED) is 0.915. The lowest BCUT2D eigenvalue weighted by molar-refractivity contribution is 0.305. The molecule has 0 aliphatic rings. The number of benzene rings is 1. The van der Waals surface area contributed by atoms with Gasteiger partial charge in [0.15, 0.2) is 0 Å². The lowest BCUT2D eigenvalue weighted by Gasteiger charge is -2.13. The molecule has 0 bridgehead atoms. The third kappa shape index (κ3) is 3.13. The summed E-state index contributed by atoms with van der Waals surface area (Å²) in [5, 5.41) is 2.07. The molecule has 0 atom stereocenters. The van der Waals surface area contributed by atoms with Crippen LogP contribution >= 0.6 is 27.3 Å². The summed E-state index contributed by atoms with van der Waals surface area (Å²) in [5.41, 5.74) is 9.10. The Hall–Kier alpha value is -0.840. The predicted octanol–water partition coefficient (Wildman–Crippen LogP) is 4.17. The number of ether oxygens (including phenoxy) is 1. The topological polar surface area (TPSA) is 35.2 Å². The first-order valence-corrected chi connectivity index (χ1v) is 7.43. The average molecular weight is 326 g/mol. The fraction of sp³-hybridized carbons (Fsp3) is 0.286. The smallest absolute Gasteiger partial charge is 0.125 e. The van der Waals surface area contributed by atoms with Gasteiger partial charge in [-0.25, -0.2) is 0 Å². The van der Waals surface area contributed by atoms with Crippen LogP contribution in [-0.2, 0) is 13.2 Å². The fourth-order valence-corrected chi connectivity index (χ4v) is 3.32. The van der Waals surface area contributed by atoms with Crippen LogP contribution in [0.4, 0.5) is 0 Å². The molecule has 1 heterocycles. The van der Waals surface area contributed by atoms with Crippen molar-refractivity contribution in [3.05, 3.63) is 49.6 Å². The van der Waals surface area contributed by atoms with Gasteiger partial charge >= 0.3 is 0 Å². The molecule has 0 saturated heterocycles. The van der Waals surface area contributed by atoms with Crippen molar-refractivity contribution >= 4 is 27.3 Å². The monoisotopic (exact) mass is 325 g/mol. The van der Waals surface area contributed by atoms with E-state index in [1.54, 1.807) is 11.3 Å². The highest BCUT2D eigenvalue weighted by molar-refractivity contribution is 9.10. The van der Waals surface area contributed by atoms with E-state index in [2.05, 4.69) is 53.4 Å². The molecular weight excluding hydrogens is 310 g/mol. The molecule has 2 nitrogen and oxygen atoms in total. The minimum atomic E-state index is 0.569. The molecule has 0 amide bonds. The van der Waals surface area contributed by atoms with Crippen LogP contribution in [0.1, 0.15) is 21.6 Å². The third-order valence-electron chi connectivity index (χ3n) is 2.74. The SMILES string of the molecule is Cc1cc(CN)cc(C)c1OCc1cc(Br)cs1. The molecular formula is C14H16BrNOS. The van der Waals surface area contributed by atoms with Crippen molar-refractivity contribution in [3.8, 4) is 5.75 Å². The van der Waals surface area contributed by atoms with Crippen LogP contribution in [0.25, 0.3) is 0 Å². The zero-order valence-corrected chi connectivity index (χ0v) is 12.9. The van der Waals surface area contributed by atoms with Gasteiger partial charge in [-0.1, -0.05) is 12.1 Å². The molecule has 1 aromatic heterocycles. The Morgan fingerprint density at radius 2 is 1.89 bits per heavy atom. The fourth-order valence-electron chi connectivity index (χ4n) is 1.96. The van der Waals surface area contributed by atoms with Gasteiger partial charge in [-0.2, -0.15) is 0 Å². The van der Waals surface area contributed by atoms with E-state index in [0.29, 0.717) is 13.2 Å². The van der Waals surface area contributed by atoms with Gasteiger partial charge in [-0.05, 0) is 52.5 Å². The number of thiophene rings is 1. The van der Waals surface area contributed by atoms with E-state index in [-0.39, 0.29) is 0 Å². The third-order valence-corrected chi connectivity index (χ3v) is 4.41. The Kier molecular flexibility index (Phi) is 4.43. The van der Waals surface area contributed by atoms with Crippen molar-refractivity contribution in [1.82, 2.24) is 0 Å². The second kappa shape index (κ2) is 5.87. The molecule has 0 spiro atoms. The minimum absolute atomic E-state index is 0.569. The van der Waals surface area contributed by atoms with Gasteiger partial charge in [0, 0.05) is 21.3 Å². The lowest BCUT2D eigenvalue weighted by Crippen LogP contribution is -2.01. The summed E-state index contributed by atoms with van der Waals surface area (Å²) in [5.74, 6) is 0.969. The number of hydrogen-bond donors (Lipinski definition) is 1. The van der Waals surface area contributed by atoms with E-state index in [0.717, 1.165) is 26.9 Å². The van der Waals surface area contributed by atoms with E-state index in [9.17, 15) is 0 Å². The van der Waals surface area contributed by atoms with Gasteiger partial charge in [0.25, 0.3) is 0 Å². The maximum atomic E-state index is 5.92. The van der Waals surface area contributed by atoms with Crippen molar-refractivity contribution in [1.29, 1.82) is 0 Å². The van der Waals surface area contributed by atoms with Crippen LogP contribution in [0, 0.1) is 13.8 Å². The first-order chi connectivity index (χ1) is 8.60. The predicted molar refractivity (Wildman–Crippen MR) is 80.2 cm³/mol. The second-order valence-corrected chi connectivity index (χ2v) is 6.19. The molecule has 2 N–H and O–H groups in total. The number of nitrogens with two attached hydrogens (primary N) is 1. The van der Waals surface area contributed by atoms with Crippen LogP contribution in [0.3, 0.4) is 0 Å². The van der Waals surface area contributed by atoms with E-state index in [4.69, 9.17) is 10.5 Å². The minimum Gasteiger partial charge on any atom is -0.488 e. The largest absolute Gasteiger partial charge is 0.488 e. The standard InChI is InChI=1S/C14H16BrNOS/c1-9-3-11(6-16)4-10(2)14(9)17-7-13-5-12(15)8-18-13/h3-5,8H,6-7,16H2,1-2H3. The van der Waals surface area contributed by atoms with Gasteiger partial charge in [-0.15, -0.1) is 11.3 Å². The average Bonchev–Trinajstić information content (AvgIpc) is 2.73. The Labute approximate surface area is 120 Å². The summed E-state index contributed by atoms with van der Waals surface area (Å²) in [6, 6.07) is 6.27. The number of rotatable bonds is 4. The number of aryl methyl sites for hydroxylation is 2. The molecule has 0 saturated carbocycles. The summed E-state index contributed by atoms with van der Waals surface area (Å²) in [6.45, 7) is 5.30. The normalized spacial score (nSPS) is 10.7. The van der Waals surface area contributed by atoms with Crippen LogP contribution in [-0.4, -0.2) is 0 Å². The Bertz CT molecular complexity index is 527. The maximum absolute atomic E-state index is 5.92. The summed E-state index contributed by atoms with van der Waals surface area (Å²) in [6.07, 6.45) is 0. The van der Waals surface area contributed by atoms with Crippen LogP contribution in [0.5, 0.6) is 5.75 Å². The van der Waals surface area contributed by atoms with E-state index >= 15 is 0 Å². The highest BCUT2D eigenvalue weighted by Gasteiger charge is 2.07. The summed E-state index contributed by atoms with van der Waals surface area (Å²) in [4.78, 5) is 1.21. The lowest BCUT2D eigenvalue weighted by atomic mass is 10.1. The molecule has 2 aromatic rings. The molecule has 4 heteroatoms. The molecule has 96 valence electrons. The van der Waals surface area contributed by atoms with Crippen LogP contribution < -0.4 is 10.5 Å². The summed E-state index contributed by atoms with van der Waals surface area (Å²) < 4.78 is 7.02. The van der Waals surface area contributed by atoms with E-state index in [1.807, 2.05) is 0 Å². The number of halogens is 1. The molecule has 0 aliphatic heterocycles. The van der Waals surface area contributed by atoms with E-state index < -0.39 is 0 Å². The number of hydrogen-bond acceptors (Lipinski definition) is 3. The molecule has 0 fully saturated rings. The highest BCUT2D eigenvalue weighted by Crippen LogP contribution is 2.27. The van der Waals surface area contributed by atoms with Gasteiger partial charge < -0.3 is 10.5 Å². The van der Waals surface area contributed by atoms with Gasteiger partial charge in [0.1, 0.15) is 12.4 Å². The van der Waals surface area contributed by atoms with Gasteiger partial charge in [0.05, 0.1) is 0 Å². The zero-order chi connectivity index (χ0) is 13.1. The van der Waals surface area contributed by atoms with Crippen molar-refractivity contribution < 1.29 is 4.74 Å². The van der Waals surface area contributed by atoms with E-state index in [1.165, 1.54) is 4.88 Å². The molecule has 0 radical (unpaired) electrons. The molecule has 18 heavy (non-hydrogen) atoms. The van der Waals surface area contributed by atoms with Crippen molar-refractivity contribution in [2.24, 2.45) is 5.73 Å². The summed E-state index contributed by atoms with van der Waals surface area (Å²) in [7, 11) is 0. The van der Waals surface area contributed by atoms with Crippen molar-refractivity contribution in [2.75, 3.05) is 0 Å². The maximum Gasteiger partial charge on any atom is 0.125 e. The Morgan fingerprint density at radius 3 is 2.39 bits per heavy atom. The molecule has 1 aromatic carbocycles. The molecule has 0 unspecified atom stereocenters. The highest BCUT2D eigenvalue weighted by atomic mass is 79.9. The molecule has 0 aliphatic carbocycles. The zero-order valence-electron chi connectivity index (χ0n) is 10.5. The van der Waals surface area contributed by atoms with Gasteiger partial charge in [0.2, 0.25) is 0 Å². The Balaban J connectivity index is 2.14. The van der Waals surface area contributed by atoms with Crippen LogP contribution in [0.2, 0.25) is 0 Å². The van der Waals surface area contributed by atoms with Gasteiger partial charge in [-0.3, -0.25) is 0 Å². The van der Waals surface area contributed by atoms with Crippen LogP contribution in [0.15, 0.2) is 28.1 Å².